The van der Waals surface area contributed by atoms with Gasteiger partial charge in [0.2, 0.25) is 0 Å². The average Bonchev–Trinajstić information content (AvgIpc) is 2.85. The van der Waals surface area contributed by atoms with Crippen molar-refractivity contribution in [3.8, 4) is 0 Å². The summed E-state index contributed by atoms with van der Waals surface area (Å²) < 4.78 is 1.10. The lowest BCUT2D eigenvalue weighted by molar-refractivity contribution is -0.137. The van der Waals surface area contributed by atoms with Crippen LogP contribution in [0.4, 0.5) is 0 Å². The number of rotatable bonds is 5. The number of carbonyl (C=O) groups is 2. The maximum Gasteiger partial charge on any atom is 0.325 e. The van der Waals surface area contributed by atoms with Gasteiger partial charge in [0.05, 0.1) is 6.20 Å². The molecular weight excluding hydrogens is 260 g/mol. The molecule has 0 aliphatic rings. The molecule has 0 atom stereocenters. The highest BCUT2D eigenvalue weighted by molar-refractivity contribution is 5.91. The van der Waals surface area contributed by atoms with E-state index in [-0.39, 0.29) is 18.1 Å². The molecule has 0 saturated carbocycles. The molecule has 0 unspecified atom stereocenters. The Morgan fingerprint density at radius 1 is 1.30 bits per heavy atom. The summed E-state index contributed by atoms with van der Waals surface area (Å²) in [5.41, 5.74) is 2.22. The third kappa shape index (κ3) is 3.64. The van der Waals surface area contributed by atoms with E-state index in [4.69, 9.17) is 5.11 Å². The van der Waals surface area contributed by atoms with E-state index in [1.165, 1.54) is 6.20 Å². The summed E-state index contributed by atoms with van der Waals surface area (Å²) in [6.07, 6.45) is 1.30. The van der Waals surface area contributed by atoms with Gasteiger partial charge in [-0.3, -0.25) is 9.59 Å². The van der Waals surface area contributed by atoms with Crippen molar-refractivity contribution < 1.29 is 14.7 Å². The molecule has 1 aromatic heterocycles. The van der Waals surface area contributed by atoms with Crippen LogP contribution in [-0.4, -0.2) is 32.0 Å². The molecule has 2 aromatic rings. The van der Waals surface area contributed by atoms with Crippen LogP contribution >= 0.6 is 0 Å². The van der Waals surface area contributed by atoms with Crippen LogP contribution in [0.5, 0.6) is 0 Å². The fourth-order valence-electron chi connectivity index (χ4n) is 1.60. The monoisotopic (exact) mass is 274 g/mol. The van der Waals surface area contributed by atoms with Gasteiger partial charge < -0.3 is 10.4 Å². The Kier molecular flexibility index (Phi) is 4.09. The number of aromatic nitrogens is 3. The fourth-order valence-corrected chi connectivity index (χ4v) is 1.60. The molecule has 0 aliphatic heterocycles. The Balaban J connectivity index is 1.93. The summed E-state index contributed by atoms with van der Waals surface area (Å²) in [4.78, 5) is 22.3. The second-order valence-corrected chi connectivity index (χ2v) is 4.36. The van der Waals surface area contributed by atoms with E-state index in [9.17, 15) is 9.59 Å². The third-order valence-corrected chi connectivity index (χ3v) is 2.64. The lowest BCUT2D eigenvalue weighted by Gasteiger charge is -2.03. The summed E-state index contributed by atoms with van der Waals surface area (Å²) in [5.74, 6) is -1.43. The van der Waals surface area contributed by atoms with Crippen molar-refractivity contribution in [2.75, 3.05) is 0 Å². The first-order chi connectivity index (χ1) is 9.54. The molecule has 0 fully saturated rings. The van der Waals surface area contributed by atoms with E-state index in [1.54, 1.807) is 0 Å². The van der Waals surface area contributed by atoms with Crippen LogP contribution in [-0.2, 0) is 17.9 Å². The van der Waals surface area contributed by atoms with Crippen molar-refractivity contribution in [2.45, 2.75) is 20.0 Å². The first-order valence-electron chi connectivity index (χ1n) is 6.00. The van der Waals surface area contributed by atoms with Gasteiger partial charge in [-0.1, -0.05) is 35.0 Å². The van der Waals surface area contributed by atoms with Crippen LogP contribution in [0.25, 0.3) is 0 Å². The zero-order valence-electron chi connectivity index (χ0n) is 10.9. The number of carboxylic acids is 1. The molecule has 7 nitrogen and oxygen atoms in total. The second-order valence-electron chi connectivity index (χ2n) is 4.36. The fraction of sp³-hybridized carbons (Fsp3) is 0.231. The van der Waals surface area contributed by atoms with Crippen molar-refractivity contribution in [1.29, 1.82) is 0 Å². The second kappa shape index (κ2) is 5.96. The maximum absolute atomic E-state index is 11.8. The number of carboxylic acid groups (broad SMARTS) is 1. The Morgan fingerprint density at radius 3 is 2.65 bits per heavy atom. The van der Waals surface area contributed by atoms with Crippen LogP contribution in [0.15, 0.2) is 30.5 Å². The smallest absolute Gasteiger partial charge is 0.325 e. The van der Waals surface area contributed by atoms with Crippen LogP contribution in [0.2, 0.25) is 0 Å². The summed E-state index contributed by atoms with van der Waals surface area (Å²) >= 11 is 0. The molecule has 0 spiro atoms. The van der Waals surface area contributed by atoms with E-state index in [0.29, 0.717) is 6.54 Å². The van der Waals surface area contributed by atoms with Crippen molar-refractivity contribution in [3.05, 3.63) is 47.3 Å². The van der Waals surface area contributed by atoms with E-state index in [1.807, 2.05) is 31.2 Å². The lowest BCUT2D eigenvalue weighted by Crippen LogP contribution is -2.23. The molecule has 2 rings (SSSR count). The van der Waals surface area contributed by atoms with Crippen LogP contribution < -0.4 is 5.32 Å². The molecule has 0 saturated heterocycles. The van der Waals surface area contributed by atoms with E-state index < -0.39 is 5.97 Å². The van der Waals surface area contributed by atoms with Gasteiger partial charge in [-0.05, 0) is 12.5 Å². The molecule has 104 valence electrons. The van der Waals surface area contributed by atoms with Crippen molar-refractivity contribution in [1.82, 2.24) is 20.3 Å². The first-order valence-corrected chi connectivity index (χ1v) is 6.00. The minimum atomic E-state index is -1.04. The van der Waals surface area contributed by atoms with Gasteiger partial charge in [0, 0.05) is 6.54 Å². The molecule has 1 amide bonds. The number of hydrogen-bond acceptors (Lipinski definition) is 4. The zero-order chi connectivity index (χ0) is 14.5. The molecule has 1 aromatic carbocycles. The highest BCUT2D eigenvalue weighted by Crippen LogP contribution is 2.03. The summed E-state index contributed by atoms with van der Waals surface area (Å²) in [5, 5.41) is 18.5. The van der Waals surface area contributed by atoms with Gasteiger partial charge in [-0.2, -0.15) is 0 Å². The minimum absolute atomic E-state index is 0.0957. The zero-order valence-corrected chi connectivity index (χ0v) is 10.9. The lowest BCUT2D eigenvalue weighted by atomic mass is 10.1. The van der Waals surface area contributed by atoms with E-state index >= 15 is 0 Å². The summed E-state index contributed by atoms with van der Waals surface area (Å²) in [6.45, 7) is 2.05. The Bertz CT molecular complexity index is 619. The topological polar surface area (TPSA) is 97.1 Å². The molecule has 2 N–H and O–H groups in total. The number of benzene rings is 1. The highest BCUT2D eigenvalue weighted by atomic mass is 16.4. The number of aryl methyl sites for hydroxylation is 1. The van der Waals surface area contributed by atoms with Crippen molar-refractivity contribution >= 4 is 11.9 Å². The Hall–Kier alpha value is -2.70. The number of amides is 1. The van der Waals surface area contributed by atoms with Gasteiger partial charge in [0.1, 0.15) is 6.54 Å². The van der Waals surface area contributed by atoms with Gasteiger partial charge in [0.15, 0.2) is 5.69 Å². The standard InChI is InChI=1S/C13H14N4O3/c1-9-2-4-10(5-3-9)6-14-13(20)11-7-17(16-15-11)8-12(18)19/h2-5,7H,6,8H2,1H3,(H,14,20)(H,18,19). The predicted octanol–water partition coefficient (Wildman–Crippen LogP) is 0.601. The van der Waals surface area contributed by atoms with Gasteiger partial charge in [-0.25, -0.2) is 4.68 Å². The quantitative estimate of drug-likeness (QED) is 0.832. The van der Waals surface area contributed by atoms with Gasteiger partial charge in [-0.15, -0.1) is 5.10 Å². The molecule has 0 radical (unpaired) electrons. The predicted molar refractivity (Wildman–Crippen MR) is 70.0 cm³/mol. The number of aliphatic carboxylic acids is 1. The maximum atomic E-state index is 11.8. The summed E-state index contributed by atoms with van der Waals surface area (Å²) in [6, 6.07) is 7.78. The molecule has 0 aliphatic carbocycles. The number of nitrogens with one attached hydrogen (secondary N) is 1. The van der Waals surface area contributed by atoms with Gasteiger partial charge >= 0.3 is 5.97 Å². The minimum Gasteiger partial charge on any atom is -0.480 e. The third-order valence-electron chi connectivity index (χ3n) is 2.64. The van der Waals surface area contributed by atoms with Crippen LogP contribution in [0.1, 0.15) is 21.6 Å². The van der Waals surface area contributed by atoms with Crippen molar-refractivity contribution in [3.63, 3.8) is 0 Å². The number of nitrogens with zero attached hydrogens (tertiary/aromatic N) is 3. The molecular formula is C13H14N4O3. The highest BCUT2D eigenvalue weighted by Gasteiger charge is 2.11. The van der Waals surface area contributed by atoms with Crippen LogP contribution in [0.3, 0.4) is 0 Å². The summed E-state index contributed by atoms with van der Waals surface area (Å²) in [7, 11) is 0. The largest absolute Gasteiger partial charge is 0.480 e. The number of hydrogen-bond donors (Lipinski definition) is 2. The molecule has 0 bridgehead atoms. The Labute approximate surface area is 115 Å². The first kappa shape index (κ1) is 13.7. The Morgan fingerprint density at radius 2 is 2.00 bits per heavy atom. The SMILES string of the molecule is Cc1ccc(CNC(=O)c2cn(CC(=O)O)nn2)cc1. The van der Waals surface area contributed by atoms with Crippen molar-refractivity contribution in [2.24, 2.45) is 0 Å². The average molecular weight is 274 g/mol. The van der Waals surface area contributed by atoms with E-state index in [2.05, 4.69) is 15.6 Å². The van der Waals surface area contributed by atoms with E-state index in [0.717, 1.165) is 15.8 Å². The normalized spacial score (nSPS) is 10.2. The number of carbonyl (C=O) groups excluding carboxylic acids is 1. The molecule has 1 heterocycles. The molecule has 7 heteroatoms. The molecule has 20 heavy (non-hydrogen) atoms. The van der Waals surface area contributed by atoms with Crippen LogP contribution in [0, 0.1) is 6.92 Å². The van der Waals surface area contributed by atoms with Gasteiger partial charge in [0.25, 0.3) is 5.91 Å².